The van der Waals surface area contributed by atoms with Crippen LogP contribution in [0, 0.1) is 5.82 Å². The number of carboxylic acid groups (broad SMARTS) is 1. The predicted molar refractivity (Wildman–Crippen MR) is 63.7 cm³/mol. The molecular weight excluding hydrogens is 277 g/mol. The van der Waals surface area contributed by atoms with Crippen LogP contribution in [0.2, 0.25) is 0 Å². The minimum atomic E-state index is -4.15. The fraction of sp³-hybridized carbons (Fsp3) is 0.273. The van der Waals surface area contributed by atoms with E-state index in [1.165, 1.54) is 12.1 Å². The van der Waals surface area contributed by atoms with Gasteiger partial charge in [-0.15, -0.1) is 0 Å². The summed E-state index contributed by atoms with van der Waals surface area (Å²) in [5.74, 6) is -4.07. The summed E-state index contributed by atoms with van der Waals surface area (Å²) < 4.78 is 37.2. The third kappa shape index (κ3) is 4.02. The van der Waals surface area contributed by atoms with E-state index in [2.05, 4.69) is 0 Å². The molecule has 2 N–H and O–H groups in total. The zero-order valence-electron chi connectivity index (χ0n) is 9.96. The van der Waals surface area contributed by atoms with Crippen LogP contribution >= 0.6 is 0 Å². The van der Waals surface area contributed by atoms with Gasteiger partial charge in [-0.3, -0.25) is 4.79 Å². The maximum Gasteiger partial charge on any atom is 0.327 e. The van der Waals surface area contributed by atoms with Crippen molar-refractivity contribution in [2.24, 2.45) is 0 Å². The topological polar surface area (TPSA) is 101 Å². The van der Waals surface area contributed by atoms with E-state index in [0.29, 0.717) is 0 Å². The molecule has 19 heavy (non-hydrogen) atoms. The molecule has 0 aromatic heterocycles. The smallest absolute Gasteiger partial charge is 0.327 e. The molecule has 6 nitrogen and oxygen atoms in total. The van der Waals surface area contributed by atoms with Crippen molar-refractivity contribution in [3.63, 3.8) is 0 Å². The van der Waals surface area contributed by atoms with Crippen LogP contribution in [0.5, 0.6) is 0 Å². The van der Waals surface area contributed by atoms with Crippen LogP contribution in [0.25, 0.3) is 0 Å². The number of benzene rings is 1. The number of carboxylic acids is 1. The van der Waals surface area contributed by atoms with Gasteiger partial charge in [-0.2, -0.15) is 0 Å². The quantitative estimate of drug-likeness (QED) is 0.806. The molecule has 1 aromatic carbocycles. The van der Waals surface area contributed by atoms with Gasteiger partial charge in [-0.05, 0) is 12.1 Å². The molecule has 0 aliphatic rings. The van der Waals surface area contributed by atoms with Gasteiger partial charge < -0.3 is 10.4 Å². The first-order valence-corrected chi connectivity index (χ1v) is 6.86. The SMILES string of the molecule is CC(=O)NC(CS(=O)(=O)c1ccccc1F)C(=O)O. The van der Waals surface area contributed by atoms with Gasteiger partial charge in [0, 0.05) is 6.92 Å². The molecule has 8 heteroatoms. The van der Waals surface area contributed by atoms with Crippen molar-refractivity contribution in [3.8, 4) is 0 Å². The fourth-order valence-electron chi connectivity index (χ4n) is 1.43. The molecule has 0 saturated heterocycles. The lowest BCUT2D eigenvalue weighted by Gasteiger charge is -2.13. The second-order valence-electron chi connectivity index (χ2n) is 3.80. The second kappa shape index (κ2) is 5.79. The summed E-state index contributed by atoms with van der Waals surface area (Å²) in [6.07, 6.45) is 0. The summed E-state index contributed by atoms with van der Waals surface area (Å²) in [4.78, 5) is 21.1. The van der Waals surface area contributed by atoms with Crippen LogP contribution in [-0.2, 0) is 19.4 Å². The number of amides is 1. The average Bonchev–Trinajstić information content (AvgIpc) is 2.27. The van der Waals surface area contributed by atoms with Crippen LogP contribution in [0.4, 0.5) is 4.39 Å². The molecule has 1 aromatic rings. The highest BCUT2D eigenvalue weighted by Gasteiger charge is 2.28. The number of aliphatic carboxylic acids is 1. The highest BCUT2D eigenvalue weighted by molar-refractivity contribution is 7.91. The normalized spacial score (nSPS) is 12.7. The van der Waals surface area contributed by atoms with Gasteiger partial charge in [0.1, 0.15) is 16.8 Å². The Morgan fingerprint density at radius 3 is 2.42 bits per heavy atom. The maximum atomic E-state index is 13.4. The van der Waals surface area contributed by atoms with Crippen LogP contribution < -0.4 is 5.32 Å². The van der Waals surface area contributed by atoms with Crippen molar-refractivity contribution in [1.29, 1.82) is 0 Å². The molecule has 0 bridgehead atoms. The van der Waals surface area contributed by atoms with E-state index in [1.54, 1.807) is 0 Å². The first-order chi connectivity index (χ1) is 8.74. The Hall–Kier alpha value is -1.96. The van der Waals surface area contributed by atoms with Gasteiger partial charge in [0.25, 0.3) is 0 Å². The number of carbonyl (C=O) groups is 2. The number of halogens is 1. The molecule has 104 valence electrons. The largest absolute Gasteiger partial charge is 0.480 e. The summed E-state index contributed by atoms with van der Waals surface area (Å²) in [5.41, 5.74) is 0. The van der Waals surface area contributed by atoms with E-state index in [1.807, 2.05) is 5.32 Å². The van der Waals surface area contributed by atoms with E-state index in [4.69, 9.17) is 5.11 Å². The predicted octanol–water partition coefficient (Wildman–Crippen LogP) is 0.189. The molecule has 0 aliphatic carbocycles. The molecular formula is C11H12FNO5S. The molecule has 1 unspecified atom stereocenters. The fourth-order valence-corrected chi connectivity index (χ4v) is 2.92. The van der Waals surface area contributed by atoms with Gasteiger partial charge in [0.2, 0.25) is 5.91 Å². The summed E-state index contributed by atoms with van der Waals surface area (Å²) in [6, 6.07) is 3.02. The van der Waals surface area contributed by atoms with Crippen LogP contribution in [0.3, 0.4) is 0 Å². The van der Waals surface area contributed by atoms with E-state index in [0.717, 1.165) is 19.1 Å². The molecule has 1 amide bonds. The summed E-state index contributed by atoms with van der Waals surface area (Å²) in [7, 11) is -4.15. The Morgan fingerprint density at radius 1 is 1.37 bits per heavy atom. The van der Waals surface area contributed by atoms with Crippen molar-refractivity contribution in [3.05, 3.63) is 30.1 Å². The van der Waals surface area contributed by atoms with E-state index < -0.39 is 44.2 Å². The highest BCUT2D eigenvalue weighted by Crippen LogP contribution is 2.16. The third-order valence-corrected chi connectivity index (χ3v) is 4.01. The van der Waals surface area contributed by atoms with E-state index >= 15 is 0 Å². The molecule has 0 spiro atoms. The summed E-state index contributed by atoms with van der Waals surface area (Å²) >= 11 is 0. The van der Waals surface area contributed by atoms with Crippen LogP contribution in [-0.4, -0.2) is 37.2 Å². The van der Waals surface area contributed by atoms with Crippen molar-refractivity contribution in [2.75, 3.05) is 5.75 Å². The number of rotatable bonds is 5. The first kappa shape index (κ1) is 15.1. The average molecular weight is 289 g/mol. The number of nitrogens with one attached hydrogen (secondary N) is 1. The van der Waals surface area contributed by atoms with Crippen molar-refractivity contribution in [1.82, 2.24) is 5.32 Å². The lowest BCUT2D eigenvalue weighted by Crippen LogP contribution is -2.44. The number of hydrogen-bond donors (Lipinski definition) is 2. The zero-order valence-corrected chi connectivity index (χ0v) is 10.8. The minimum Gasteiger partial charge on any atom is -0.480 e. The van der Waals surface area contributed by atoms with Gasteiger partial charge in [-0.1, -0.05) is 12.1 Å². The molecule has 0 saturated carbocycles. The van der Waals surface area contributed by atoms with E-state index in [9.17, 15) is 22.4 Å². The lowest BCUT2D eigenvalue weighted by molar-refractivity contribution is -0.140. The second-order valence-corrected chi connectivity index (χ2v) is 5.81. The molecule has 0 heterocycles. The van der Waals surface area contributed by atoms with Crippen LogP contribution in [0.15, 0.2) is 29.2 Å². The number of hydrogen-bond acceptors (Lipinski definition) is 4. The monoisotopic (exact) mass is 289 g/mol. The van der Waals surface area contributed by atoms with E-state index in [-0.39, 0.29) is 0 Å². The van der Waals surface area contributed by atoms with Crippen molar-refractivity contribution >= 4 is 21.7 Å². The third-order valence-electron chi connectivity index (χ3n) is 2.23. The Bertz CT molecular complexity index is 599. The Labute approximate surface area is 109 Å². The Morgan fingerprint density at radius 2 is 1.95 bits per heavy atom. The van der Waals surface area contributed by atoms with Gasteiger partial charge in [0.05, 0.1) is 5.75 Å². The van der Waals surface area contributed by atoms with Gasteiger partial charge >= 0.3 is 5.97 Å². The highest BCUT2D eigenvalue weighted by atomic mass is 32.2. The molecule has 1 rings (SSSR count). The number of sulfone groups is 1. The van der Waals surface area contributed by atoms with Crippen molar-refractivity contribution in [2.45, 2.75) is 17.9 Å². The molecule has 0 aliphatic heterocycles. The van der Waals surface area contributed by atoms with Gasteiger partial charge in [-0.25, -0.2) is 17.6 Å². The summed E-state index contributed by atoms with van der Waals surface area (Å²) in [5, 5.41) is 10.8. The Kier molecular flexibility index (Phi) is 4.60. The Balaban J connectivity index is 3.04. The minimum absolute atomic E-state index is 0.591. The lowest BCUT2D eigenvalue weighted by atomic mass is 10.3. The first-order valence-electron chi connectivity index (χ1n) is 5.21. The molecule has 0 radical (unpaired) electrons. The number of carbonyl (C=O) groups excluding carboxylic acids is 1. The van der Waals surface area contributed by atoms with Crippen LogP contribution in [0.1, 0.15) is 6.92 Å². The standard InChI is InChI=1S/C11H12FNO5S/c1-7(14)13-9(11(15)16)6-19(17,18)10-5-3-2-4-8(10)12/h2-5,9H,6H2,1H3,(H,13,14)(H,15,16). The zero-order chi connectivity index (χ0) is 14.6. The molecule has 1 atom stereocenters. The maximum absolute atomic E-state index is 13.4. The molecule has 0 fully saturated rings. The van der Waals surface area contributed by atoms with Gasteiger partial charge in [0.15, 0.2) is 9.84 Å². The summed E-state index contributed by atoms with van der Waals surface area (Å²) in [6.45, 7) is 1.06. The van der Waals surface area contributed by atoms with Crippen molar-refractivity contribution < 1.29 is 27.5 Å².